The van der Waals surface area contributed by atoms with Gasteiger partial charge in [-0.25, -0.2) is 4.39 Å². The molecule has 0 saturated carbocycles. The van der Waals surface area contributed by atoms with E-state index in [1.54, 1.807) is 24.3 Å². The van der Waals surface area contributed by atoms with Gasteiger partial charge < -0.3 is 11.1 Å². The highest BCUT2D eigenvalue weighted by molar-refractivity contribution is 5.98. The summed E-state index contributed by atoms with van der Waals surface area (Å²) in [5, 5.41) is 13.3. The number of halogens is 1. The molecular formula is C14H12FN3O3. The second-order valence-corrected chi connectivity index (χ2v) is 4.34. The number of nitrogens with zero attached hydrogens (tertiary/aromatic N) is 1. The number of anilines is 1. The molecule has 2 aromatic carbocycles. The molecule has 0 radical (unpaired) electrons. The lowest BCUT2D eigenvalue weighted by Gasteiger charge is -2.06. The molecule has 0 aliphatic carbocycles. The Morgan fingerprint density at radius 1 is 1.24 bits per heavy atom. The summed E-state index contributed by atoms with van der Waals surface area (Å²) >= 11 is 0. The first-order chi connectivity index (χ1) is 9.97. The third-order valence-electron chi connectivity index (χ3n) is 2.83. The average molecular weight is 289 g/mol. The number of nitro benzene ring substituents is 1. The zero-order valence-corrected chi connectivity index (χ0v) is 10.9. The summed E-state index contributed by atoms with van der Waals surface area (Å²) in [5.41, 5.74) is 6.15. The summed E-state index contributed by atoms with van der Waals surface area (Å²) in [4.78, 5) is 22.1. The van der Waals surface area contributed by atoms with Crippen LogP contribution in [0.1, 0.15) is 15.9 Å². The van der Waals surface area contributed by atoms with Gasteiger partial charge in [0.15, 0.2) is 0 Å². The first kappa shape index (κ1) is 14.4. The molecule has 0 heterocycles. The van der Waals surface area contributed by atoms with E-state index in [0.717, 1.165) is 23.8 Å². The van der Waals surface area contributed by atoms with Crippen molar-refractivity contribution in [1.29, 1.82) is 0 Å². The van der Waals surface area contributed by atoms with Crippen LogP contribution < -0.4 is 11.1 Å². The Labute approximate surface area is 119 Å². The van der Waals surface area contributed by atoms with Gasteiger partial charge in [0.1, 0.15) is 11.4 Å². The molecule has 0 bridgehead atoms. The molecule has 0 saturated heterocycles. The van der Waals surface area contributed by atoms with Gasteiger partial charge in [-0.15, -0.1) is 0 Å². The third-order valence-corrected chi connectivity index (χ3v) is 2.83. The molecule has 0 aliphatic heterocycles. The van der Waals surface area contributed by atoms with Crippen molar-refractivity contribution in [2.75, 3.05) is 5.73 Å². The Kier molecular flexibility index (Phi) is 4.13. The molecule has 2 rings (SSSR count). The Hall–Kier alpha value is -2.96. The van der Waals surface area contributed by atoms with E-state index in [9.17, 15) is 19.3 Å². The van der Waals surface area contributed by atoms with Crippen molar-refractivity contribution in [2.45, 2.75) is 6.54 Å². The second kappa shape index (κ2) is 6.00. The Morgan fingerprint density at radius 2 is 1.90 bits per heavy atom. The number of nitrogens with two attached hydrogens (primary N) is 1. The molecule has 108 valence electrons. The summed E-state index contributed by atoms with van der Waals surface area (Å²) in [6, 6.07) is 9.53. The number of nitrogen functional groups attached to an aromatic ring is 1. The fraction of sp³-hybridized carbons (Fsp3) is 0.0714. The van der Waals surface area contributed by atoms with E-state index in [-0.39, 0.29) is 12.1 Å². The van der Waals surface area contributed by atoms with Crippen LogP contribution in [0.4, 0.5) is 15.8 Å². The average Bonchev–Trinajstić information content (AvgIpc) is 2.46. The molecule has 0 aromatic heterocycles. The number of carbonyl (C=O) groups is 1. The van der Waals surface area contributed by atoms with Gasteiger partial charge in [0.25, 0.3) is 11.6 Å². The highest BCUT2D eigenvalue weighted by Crippen LogP contribution is 2.19. The maximum atomic E-state index is 13.2. The number of hydrogen-bond donors (Lipinski definition) is 2. The van der Waals surface area contributed by atoms with Gasteiger partial charge in [-0.3, -0.25) is 14.9 Å². The van der Waals surface area contributed by atoms with Gasteiger partial charge in [0, 0.05) is 18.3 Å². The second-order valence-electron chi connectivity index (χ2n) is 4.34. The molecule has 0 aliphatic rings. The summed E-state index contributed by atoms with van der Waals surface area (Å²) in [5.74, 6) is -1.42. The quantitative estimate of drug-likeness (QED) is 0.512. The minimum absolute atomic E-state index is 0.160. The highest BCUT2D eigenvalue weighted by atomic mass is 19.1. The summed E-state index contributed by atoms with van der Waals surface area (Å²) in [6.45, 7) is 0.160. The molecule has 3 N–H and O–H groups in total. The lowest BCUT2D eigenvalue weighted by atomic mass is 10.1. The summed E-state index contributed by atoms with van der Waals surface area (Å²) < 4.78 is 13.2. The number of nitrogens with one attached hydrogen (secondary N) is 1. The van der Waals surface area contributed by atoms with Crippen molar-refractivity contribution < 1.29 is 14.1 Å². The molecule has 0 spiro atoms. The molecule has 0 fully saturated rings. The molecule has 6 nitrogen and oxygen atoms in total. The SMILES string of the molecule is Nc1ccc(CNC(=O)c2cc(F)ccc2[N+](=O)[O-])cc1. The predicted octanol–water partition coefficient (Wildman–Crippen LogP) is 2.25. The minimum atomic E-state index is -0.725. The van der Waals surface area contributed by atoms with Crippen LogP contribution in [0, 0.1) is 15.9 Å². The molecule has 1 amide bonds. The minimum Gasteiger partial charge on any atom is -0.399 e. The zero-order valence-electron chi connectivity index (χ0n) is 10.9. The van der Waals surface area contributed by atoms with Crippen molar-refractivity contribution in [1.82, 2.24) is 5.32 Å². The Bertz CT molecular complexity index is 686. The standard InChI is InChI=1S/C14H12FN3O3/c15-10-3-6-13(18(20)21)12(7-10)14(19)17-8-9-1-4-11(16)5-2-9/h1-7H,8,16H2,(H,17,19). The molecule has 0 atom stereocenters. The number of hydrogen-bond acceptors (Lipinski definition) is 4. The topological polar surface area (TPSA) is 98.3 Å². The van der Waals surface area contributed by atoms with Crippen LogP contribution in [0.5, 0.6) is 0 Å². The van der Waals surface area contributed by atoms with Gasteiger partial charge in [-0.2, -0.15) is 0 Å². The fourth-order valence-electron chi connectivity index (χ4n) is 1.76. The summed E-state index contributed by atoms with van der Waals surface area (Å²) in [6.07, 6.45) is 0. The monoisotopic (exact) mass is 289 g/mol. The van der Waals surface area contributed by atoms with E-state index in [4.69, 9.17) is 5.73 Å². The van der Waals surface area contributed by atoms with Gasteiger partial charge >= 0.3 is 0 Å². The van der Waals surface area contributed by atoms with Gasteiger partial charge in [0.2, 0.25) is 0 Å². The lowest BCUT2D eigenvalue weighted by molar-refractivity contribution is -0.385. The fourth-order valence-corrected chi connectivity index (χ4v) is 1.76. The number of nitro groups is 1. The Balaban J connectivity index is 2.15. The van der Waals surface area contributed by atoms with Crippen LogP contribution in [0.15, 0.2) is 42.5 Å². The van der Waals surface area contributed by atoms with Crippen molar-refractivity contribution in [3.05, 3.63) is 69.5 Å². The number of amides is 1. The first-order valence-electron chi connectivity index (χ1n) is 6.04. The van der Waals surface area contributed by atoms with Crippen LogP contribution in [-0.2, 0) is 6.54 Å². The van der Waals surface area contributed by atoms with Crippen molar-refractivity contribution in [3.8, 4) is 0 Å². The lowest BCUT2D eigenvalue weighted by Crippen LogP contribution is -2.23. The van der Waals surface area contributed by atoms with Gasteiger partial charge in [-0.05, 0) is 29.8 Å². The maximum Gasteiger partial charge on any atom is 0.282 e. The van der Waals surface area contributed by atoms with E-state index in [0.29, 0.717) is 5.69 Å². The van der Waals surface area contributed by atoms with E-state index in [1.807, 2.05) is 0 Å². The van der Waals surface area contributed by atoms with E-state index in [2.05, 4.69) is 5.32 Å². The largest absolute Gasteiger partial charge is 0.399 e. The number of benzene rings is 2. The van der Waals surface area contributed by atoms with E-state index < -0.39 is 22.3 Å². The maximum absolute atomic E-state index is 13.2. The molecule has 21 heavy (non-hydrogen) atoms. The van der Waals surface area contributed by atoms with Crippen LogP contribution in [0.2, 0.25) is 0 Å². The van der Waals surface area contributed by atoms with Crippen molar-refractivity contribution >= 4 is 17.3 Å². The molecular weight excluding hydrogens is 277 g/mol. The zero-order chi connectivity index (χ0) is 15.4. The van der Waals surface area contributed by atoms with Crippen LogP contribution in [0.25, 0.3) is 0 Å². The number of carbonyl (C=O) groups excluding carboxylic acids is 1. The normalized spacial score (nSPS) is 10.1. The van der Waals surface area contributed by atoms with Crippen molar-refractivity contribution in [2.24, 2.45) is 0 Å². The first-order valence-corrected chi connectivity index (χ1v) is 6.04. The van der Waals surface area contributed by atoms with Gasteiger partial charge in [-0.1, -0.05) is 12.1 Å². The molecule has 0 unspecified atom stereocenters. The Morgan fingerprint density at radius 3 is 2.52 bits per heavy atom. The van der Waals surface area contributed by atoms with E-state index >= 15 is 0 Å². The van der Waals surface area contributed by atoms with Crippen molar-refractivity contribution in [3.63, 3.8) is 0 Å². The predicted molar refractivity (Wildman–Crippen MR) is 75.1 cm³/mol. The number of rotatable bonds is 4. The van der Waals surface area contributed by atoms with Gasteiger partial charge in [0.05, 0.1) is 4.92 Å². The molecule has 7 heteroatoms. The van der Waals surface area contributed by atoms with Crippen LogP contribution >= 0.6 is 0 Å². The van der Waals surface area contributed by atoms with Crippen LogP contribution in [-0.4, -0.2) is 10.8 Å². The van der Waals surface area contributed by atoms with Crippen LogP contribution in [0.3, 0.4) is 0 Å². The third kappa shape index (κ3) is 3.53. The van der Waals surface area contributed by atoms with E-state index in [1.165, 1.54) is 0 Å². The molecule has 2 aromatic rings. The summed E-state index contributed by atoms with van der Waals surface area (Å²) in [7, 11) is 0. The highest BCUT2D eigenvalue weighted by Gasteiger charge is 2.20. The smallest absolute Gasteiger partial charge is 0.282 e.